The number of hydrogen-bond acceptors (Lipinski definition) is 8. The van der Waals surface area contributed by atoms with E-state index in [1.165, 1.54) is 6.07 Å². The third kappa shape index (κ3) is 9.98. The topological polar surface area (TPSA) is 117 Å². The van der Waals surface area contributed by atoms with Gasteiger partial charge >= 0.3 is 0 Å². The van der Waals surface area contributed by atoms with E-state index in [0.717, 1.165) is 123 Å². The molecule has 3 N–H and O–H groups in total. The molecular weight excluding hydrogens is 672 g/mol. The molecule has 0 spiro atoms. The van der Waals surface area contributed by atoms with Gasteiger partial charge in [-0.05, 0) is 74.0 Å². The van der Waals surface area contributed by atoms with Crippen molar-refractivity contribution in [2.24, 2.45) is 0 Å². The minimum atomic E-state index is -0.288. The van der Waals surface area contributed by atoms with Gasteiger partial charge < -0.3 is 25.6 Å². The number of nitrogens with zero attached hydrogens (tertiary/aromatic N) is 5. The fourth-order valence-corrected chi connectivity index (χ4v) is 7.34. The molecule has 0 unspecified atom stereocenters. The van der Waals surface area contributed by atoms with Crippen LogP contribution in [0.1, 0.15) is 75.3 Å². The second-order valence-electron chi connectivity index (χ2n) is 14.1. The van der Waals surface area contributed by atoms with Gasteiger partial charge in [-0.2, -0.15) is 5.10 Å². The van der Waals surface area contributed by atoms with Crippen LogP contribution in [0.3, 0.4) is 0 Å². The molecule has 0 atom stereocenters. The smallest absolute Gasteiger partial charge is 0.220 e. The van der Waals surface area contributed by atoms with E-state index in [1.54, 1.807) is 6.07 Å². The number of ether oxygens (including phenoxy) is 1. The number of carbonyl (C=O) groups is 2. The van der Waals surface area contributed by atoms with Crippen LogP contribution in [-0.4, -0.2) is 88.4 Å². The van der Waals surface area contributed by atoms with E-state index in [-0.39, 0.29) is 43.1 Å². The zero-order valence-corrected chi connectivity index (χ0v) is 31.6. The van der Waals surface area contributed by atoms with E-state index in [0.29, 0.717) is 18.5 Å². The van der Waals surface area contributed by atoms with Crippen LogP contribution in [0.15, 0.2) is 48.7 Å². The van der Waals surface area contributed by atoms with Gasteiger partial charge in [0.15, 0.2) is 5.65 Å². The lowest BCUT2D eigenvalue weighted by atomic mass is 10.00. The number of likely N-dealkylation sites (N-methyl/N-ethyl adjacent to an activating group) is 1. The number of aryl methyl sites for hydroxylation is 2. The maximum atomic E-state index is 15.0. The van der Waals surface area contributed by atoms with E-state index >= 15 is 4.39 Å². The summed E-state index contributed by atoms with van der Waals surface area (Å²) in [4.78, 5) is 35.6. The lowest BCUT2D eigenvalue weighted by Gasteiger charge is -2.34. The fourth-order valence-electron chi connectivity index (χ4n) is 7.34. The van der Waals surface area contributed by atoms with Crippen molar-refractivity contribution in [3.05, 3.63) is 76.9 Å². The molecule has 12 heteroatoms. The van der Waals surface area contributed by atoms with Crippen molar-refractivity contribution in [3.63, 3.8) is 0 Å². The molecule has 2 aromatic heterocycles. The summed E-state index contributed by atoms with van der Waals surface area (Å²) in [5, 5.41) is 15.3. The highest BCUT2D eigenvalue weighted by atomic mass is 19.1. The molecule has 2 aliphatic rings. The monoisotopic (exact) mass is 726 g/mol. The minimum Gasteiger partial charge on any atom is -0.381 e. The Labute approximate surface area is 312 Å². The SMILES string of the molecule is CCc1nc2c(cnn2CC)c(NC2CCOCC2)c1CNC(=O)CCCC(=O)NCc1ccc(F)c(-c2cccc(CN3CCN(CC)CC3)c2)c1. The number of hydrogen-bond donors (Lipinski definition) is 3. The van der Waals surface area contributed by atoms with E-state index in [1.807, 2.05) is 29.1 Å². The molecule has 4 heterocycles. The van der Waals surface area contributed by atoms with Crippen LogP contribution in [-0.2, 0) is 46.9 Å². The molecule has 0 aliphatic carbocycles. The van der Waals surface area contributed by atoms with Gasteiger partial charge in [0, 0.05) is 101 Å². The molecule has 284 valence electrons. The van der Waals surface area contributed by atoms with Crippen LogP contribution in [0.2, 0.25) is 0 Å². The number of nitrogens with one attached hydrogen (secondary N) is 3. The predicted octanol–water partition coefficient (Wildman–Crippen LogP) is 5.65. The van der Waals surface area contributed by atoms with Crippen molar-refractivity contribution in [3.8, 4) is 11.1 Å². The number of aromatic nitrogens is 3. The first kappa shape index (κ1) is 38.3. The number of fused-ring (bicyclic) bond motifs is 1. The van der Waals surface area contributed by atoms with Crippen LogP contribution >= 0.6 is 0 Å². The highest BCUT2D eigenvalue weighted by molar-refractivity contribution is 5.92. The standard InChI is InChI=1S/C41H55FN8O3/c1-4-37-34(40(46-32-15-21-53-22-16-32)35-27-45-50(6-3)41(35)47-37)26-44-39(52)12-8-11-38(51)43-25-29-13-14-36(42)33(24-29)31-10-7-9-30(23-31)28-49-19-17-48(5-2)18-20-49/h7,9-10,13-14,23-24,27,32H,4-6,8,11-12,15-22,25-26,28H2,1-3H3,(H,43,51)(H,44,52)(H,46,47). The second kappa shape index (κ2) is 18.6. The number of anilines is 1. The first-order chi connectivity index (χ1) is 25.8. The first-order valence-electron chi connectivity index (χ1n) is 19.4. The Morgan fingerprint density at radius 2 is 1.62 bits per heavy atom. The third-order valence-electron chi connectivity index (χ3n) is 10.5. The average Bonchev–Trinajstić information content (AvgIpc) is 3.60. The summed E-state index contributed by atoms with van der Waals surface area (Å²) in [5.74, 6) is -0.549. The van der Waals surface area contributed by atoms with Crippen molar-refractivity contribution in [2.75, 3.05) is 51.3 Å². The first-order valence-corrected chi connectivity index (χ1v) is 19.4. The van der Waals surface area contributed by atoms with Gasteiger partial charge in [-0.25, -0.2) is 14.1 Å². The van der Waals surface area contributed by atoms with E-state index in [4.69, 9.17) is 9.72 Å². The minimum absolute atomic E-state index is 0.116. The zero-order valence-electron chi connectivity index (χ0n) is 31.6. The fraction of sp³-hybridized carbons (Fsp3) is 0.512. The summed E-state index contributed by atoms with van der Waals surface area (Å²) in [5.41, 5.74) is 7.07. The van der Waals surface area contributed by atoms with Gasteiger partial charge in [0.2, 0.25) is 11.8 Å². The number of benzene rings is 2. The number of carbonyl (C=O) groups excluding carboxylic acids is 2. The van der Waals surface area contributed by atoms with E-state index in [9.17, 15) is 9.59 Å². The molecule has 0 radical (unpaired) electrons. The Bertz CT molecular complexity index is 1850. The maximum Gasteiger partial charge on any atom is 0.220 e. The molecule has 0 saturated carbocycles. The Hall–Kier alpha value is -4.39. The van der Waals surface area contributed by atoms with Crippen molar-refractivity contribution in [1.29, 1.82) is 0 Å². The third-order valence-corrected chi connectivity index (χ3v) is 10.5. The van der Waals surface area contributed by atoms with Crippen molar-refractivity contribution < 1.29 is 18.7 Å². The lowest BCUT2D eigenvalue weighted by molar-refractivity contribution is -0.122. The van der Waals surface area contributed by atoms with Crippen LogP contribution in [0.5, 0.6) is 0 Å². The van der Waals surface area contributed by atoms with Gasteiger partial charge in [0.25, 0.3) is 0 Å². The number of rotatable bonds is 16. The normalized spacial score (nSPS) is 15.8. The van der Waals surface area contributed by atoms with Crippen LogP contribution in [0.25, 0.3) is 22.2 Å². The van der Waals surface area contributed by atoms with Crippen LogP contribution in [0, 0.1) is 5.82 Å². The van der Waals surface area contributed by atoms with Gasteiger partial charge in [-0.15, -0.1) is 0 Å². The summed E-state index contributed by atoms with van der Waals surface area (Å²) < 4.78 is 22.5. The Morgan fingerprint density at radius 3 is 2.34 bits per heavy atom. The summed E-state index contributed by atoms with van der Waals surface area (Å²) in [6, 6.07) is 13.4. The average molecular weight is 727 g/mol. The van der Waals surface area contributed by atoms with Gasteiger partial charge in [-0.3, -0.25) is 14.5 Å². The quantitative estimate of drug-likeness (QED) is 0.136. The summed E-state index contributed by atoms with van der Waals surface area (Å²) >= 11 is 0. The van der Waals surface area contributed by atoms with Gasteiger partial charge in [0.1, 0.15) is 5.82 Å². The Kier molecular flexibility index (Phi) is 13.4. The predicted molar refractivity (Wildman–Crippen MR) is 207 cm³/mol. The summed E-state index contributed by atoms with van der Waals surface area (Å²) in [7, 11) is 0. The molecule has 2 amide bonds. The Morgan fingerprint density at radius 1 is 0.887 bits per heavy atom. The number of piperazine rings is 1. The molecule has 4 aromatic rings. The van der Waals surface area contributed by atoms with Crippen molar-refractivity contribution in [2.45, 2.75) is 91.5 Å². The second-order valence-corrected chi connectivity index (χ2v) is 14.1. The Balaban J connectivity index is 0.997. The van der Waals surface area contributed by atoms with Crippen molar-refractivity contribution in [1.82, 2.24) is 35.2 Å². The van der Waals surface area contributed by atoms with E-state index in [2.05, 4.69) is 63.8 Å². The molecular formula is C41H55FN8O3. The summed E-state index contributed by atoms with van der Waals surface area (Å²) in [6.45, 7) is 15.2. The van der Waals surface area contributed by atoms with Crippen LogP contribution in [0.4, 0.5) is 10.1 Å². The highest BCUT2D eigenvalue weighted by Gasteiger charge is 2.22. The zero-order chi connectivity index (χ0) is 37.2. The largest absolute Gasteiger partial charge is 0.381 e. The molecule has 2 saturated heterocycles. The molecule has 53 heavy (non-hydrogen) atoms. The van der Waals surface area contributed by atoms with E-state index < -0.39 is 0 Å². The van der Waals surface area contributed by atoms with Crippen LogP contribution < -0.4 is 16.0 Å². The maximum absolute atomic E-state index is 15.0. The molecule has 11 nitrogen and oxygen atoms in total. The number of amides is 2. The van der Waals surface area contributed by atoms with Gasteiger partial charge in [-0.1, -0.05) is 38.1 Å². The highest BCUT2D eigenvalue weighted by Crippen LogP contribution is 2.31. The lowest BCUT2D eigenvalue weighted by Crippen LogP contribution is -2.45. The van der Waals surface area contributed by atoms with Crippen molar-refractivity contribution >= 4 is 28.5 Å². The molecule has 2 aromatic carbocycles. The number of pyridine rings is 1. The number of halogens is 1. The molecule has 6 rings (SSSR count). The molecule has 0 bridgehead atoms. The molecule has 2 fully saturated rings. The van der Waals surface area contributed by atoms with Gasteiger partial charge in [0.05, 0.1) is 17.3 Å². The summed E-state index contributed by atoms with van der Waals surface area (Å²) in [6.07, 6.45) is 5.27. The molecule has 2 aliphatic heterocycles.